The molecular formula is C15H19ClN2O2S. The van der Waals surface area contributed by atoms with E-state index in [2.05, 4.69) is 10.6 Å². The standard InChI is InChI=1S/C15H19ClN2O2S/c16-12-3-5-13(6-4-12)21-10-7-14(19)17-8-9-18-15(20)11-1-2-11/h3-6,11H,1-2,7-10H2,(H,17,19)(H,18,20). The number of halogens is 1. The first kappa shape index (κ1) is 16.2. The van der Waals surface area contributed by atoms with Gasteiger partial charge in [0.25, 0.3) is 0 Å². The van der Waals surface area contributed by atoms with Crippen LogP contribution < -0.4 is 10.6 Å². The van der Waals surface area contributed by atoms with Gasteiger partial charge in [0, 0.05) is 41.1 Å². The molecule has 0 unspecified atom stereocenters. The average molecular weight is 327 g/mol. The van der Waals surface area contributed by atoms with Crippen LogP contribution in [-0.4, -0.2) is 30.7 Å². The maximum Gasteiger partial charge on any atom is 0.223 e. The van der Waals surface area contributed by atoms with Gasteiger partial charge in [0.1, 0.15) is 0 Å². The van der Waals surface area contributed by atoms with Crippen molar-refractivity contribution in [2.75, 3.05) is 18.8 Å². The molecule has 21 heavy (non-hydrogen) atoms. The largest absolute Gasteiger partial charge is 0.354 e. The van der Waals surface area contributed by atoms with Gasteiger partial charge in [-0.05, 0) is 37.1 Å². The monoisotopic (exact) mass is 326 g/mol. The maximum absolute atomic E-state index is 11.6. The zero-order chi connectivity index (χ0) is 15.1. The molecule has 0 saturated heterocycles. The molecule has 1 saturated carbocycles. The quantitative estimate of drug-likeness (QED) is 0.570. The van der Waals surface area contributed by atoms with Gasteiger partial charge in [-0.1, -0.05) is 11.6 Å². The minimum absolute atomic E-state index is 0.0112. The molecule has 0 aliphatic heterocycles. The number of hydrogen-bond acceptors (Lipinski definition) is 3. The second kappa shape index (κ2) is 8.29. The molecule has 6 heteroatoms. The molecule has 114 valence electrons. The molecule has 0 radical (unpaired) electrons. The Kier molecular flexibility index (Phi) is 6.39. The molecule has 2 N–H and O–H groups in total. The van der Waals surface area contributed by atoms with E-state index in [1.54, 1.807) is 11.8 Å². The van der Waals surface area contributed by atoms with Crippen LogP contribution in [-0.2, 0) is 9.59 Å². The summed E-state index contributed by atoms with van der Waals surface area (Å²) >= 11 is 7.43. The number of carbonyl (C=O) groups is 2. The molecule has 0 spiro atoms. The van der Waals surface area contributed by atoms with Crippen molar-refractivity contribution in [1.82, 2.24) is 10.6 Å². The fourth-order valence-electron chi connectivity index (χ4n) is 1.76. The normalized spacial score (nSPS) is 13.8. The van der Waals surface area contributed by atoms with Crippen LogP contribution in [0.15, 0.2) is 29.2 Å². The Labute approximate surface area is 134 Å². The Morgan fingerprint density at radius 1 is 1.14 bits per heavy atom. The molecule has 1 aliphatic carbocycles. The number of carbonyl (C=O) groups excluding carboxylic acids is 2. The van der Waals surface area contributed by atoms with Crippen molar-refractivity contribution in [2.24, 2.45) is 5.92 Å². The van der Waals surface area contributed by atoms with Crippen molar-refractivity contribution in [3.63, 3.8) is 0 Å². The van der Waals surface area contributed by atoms with E-state index in [9.17, 15) is 9.59 Å². The van der Waals surface area contributed by atoms with Gasteiger partial charge < -0.3 is 10.6 Å². The fraction of sp³-hybridized carbons (Fsp3) is 0.467. The lowest BCUT2D eigenvalue weighted by Crippen LogP contribution is -2.35. The third kappa shape index (κ3) is 6.40. The van der Waals surface area contributed by atoms with Crippen LogP contribution in [0.1, 0.15) is 19.3 Å². The molecule has 0 aromatic heterocycles. The van der Waals surface area contributed by atoms with Gasteiger partial charge in [-0.25, -0.2) is 0 Å². The number of amides is 2. The first-order valence-electron chi connectivity index (χ1n) is 7.08. The summed E-state index contributed by atoms with van der Waals surface area (Å²) in [6.07, 6.45) is 2.46. The first-order chi connectivity index (χ1) is 10.1. The highest BCUT2D eigenvalue weighted by Crippen LogP contribution is 2.28. The summed E-state index contributed by atoms with van der Waals surface area (Å²) in [5.41, 5.74) is 0. The number of benzene rings is 1. The van der Waals surface area contributed by atoms with E-state index in [-0.39, 0.29) is 17.7 Å². The van der Waals surface area contributed by atoms with E-state index in [1.807, 2.05) is 24.3 Å². The van der Waals surface area contributed by atoms with Crippen LogP contribution in [0.2, 0.25) is 5.02 Å². The molecule has 0 heterocycles. The van der Waals surface area contributed by atoms with Crippen LogP contribution in [0, 0.1) is 5.92 Å². The minimum atomic E-state index is 0.0112. The number of nitrogens with one attached hydrogen (secondary N) is 2. The van der Waals surface area contributed by atoms with Crippen LogP contribution in [0.4, 0.5) is 0 Å². The van der Waals surface area contributed by atoms with Crippen molar-refractivity contribution in [3.8, 4) is 0 Å². The lowest BCUT2D eigenvalue weighted by Gasteiger charge is -2.06. The molecule has 0 atom stereocenters. The lowest BCUT2D eigenvalue weighted by molar-refractivity contribution is -0.123. The predicted molar refractivity (Wildman–Crippen MR) is 85.5 cm³/mol. The van der Waals surface area contributed by atoms with Crippen molar-refractivity contribution in [3.05, 3.63) is 29.3 Å². The van der Waals surface area contributed by atoms with Gasteiger partial charge in [0.05, 0.1) is 0 Å². The highest BCUT2D eigenvalue weighted by Gasteiger charge is 2.28. The Morgan fingerprint density at radius 3 is 2.48 bits per heavy atom. The summed E-state index contributed by atoms with van der Waals surface area (Å²) in [5.74, 6) is 1.07. The van der Waals surface area contributed by atoms with Gasteiger partial charge in [-0.3, -0.25) is 9.59 Å². The summed E-state index contributed by atoms with van der Waals surface area (Å²) in [7, 11) is 0. The van der Waals surface area contributed by atoms with E-state index in [1.165, 1.54) is 0 Å². The number of thioether (sulfide) groups is 1. The first-order valence-corrected chi connectivity index (χ1v) is 8.44. The number of hydrogen-bond donors (Lipinski definition) is 2. The zero-order valence-corrected chi connectivity index (χ0v) is 13.3. The third-order valence-corrected chi connectivity index (χ3v) is 4.37. The van der Waals surface area contributed by atoms with E-state index >= 15 is 0 Å². The van der Waals surface area contributed by atoms with Crippen molar-refractivity contribution >= 4 is 35.2 Å². The SMILES string of the molecule is O=C(CCSc1ccc(Cl)cc1)NCCNC(=O)C1CC1. The van der Waals surface area contributed by atoms with Crippen LogP contribution in [0.3, 0.4) is 0 Å². The lowest BCUT2D eigenvalue weighted by atomic mass is 10.4. The molecule has 0 bridgehead atoms. The van der Waals surface area contributed by atoms with E-state index in [0.717, 1.165) is 23.5 Å². The summed E-state index contributed by atoms with van der Waals surface area (Å²) in [5, 5.41) is 6.33. The second-order valence-corrected chi connectivity index (χ2v) is 6.57. The smallest absolute Gasteiger partial charge is 0.223 e. The van der Waals surface area contributed by atoms with Crippen molar-refractivity contribution in [1.29, 1.82) is 0 Å². The Bertz CT molecular complexity index is 489. The Balaban J connectivity index is 1.51. The molecule has 1 aromatic rings. The third-order valence-electron chi connectivity index (χ3n) is 3.11. The Hall–Kier alpha value is -1.20. The van der Waals surface area contributed by atoms with E-state index in [4.69, 9.17) is 11.6 Å². The summed E-state index contributed by atoms with van der Waals surface area (Å²) in [6.45, 7) is 0.994. The Morgan fingerprint density at radius 2 is 1.81 bits per heavy atom. The van der Waals surface area contributed by atoms with Crippen molar-refractivity contribution in [2.45, 2.75) is 24.2 Å². The summed E-state index contributed by atoms with van der Waals surface area (Å²) in [6, 6.07) is 7.57. The van der Waals surface area contributed by atoms with Crippen molar-refractivity contribution < 1.29 is 9.59 Å². The highest BCUT2D eigenvalue weighted by molar-refractivity contribution is 7.99. The molecule has 2 rings (SSSR count). The zero-order valence-electron chi connectivity index (χ0n) is 11.7. The second-order valence-electron chi connectivity index (χ2n) is 4.97. The van der Waals surface area contributed by atoms with Gasteiger partial charge in [-0.15, -0.1) is 11.8 Å². The van der Waals surface area contributed by atoms with E-state index < -0.39 is 0 Å². The number of rotatable bonds is 8. The van der Waals surface area contributed by atoms with E-state index in [0.29, 0.717) is 24.5 Å². The summed E-state index contributed by atoms with van der Waals surface area (Å²) < 4.78 is 0. The van der Waals surface area contributed by atoms with Gasteiger partial charge in [-0.2, -0.15) is 0 Å². The fourth-order valence-corrected chi connectivity index (χ4v) is 2.74. The van der Waals surface area contributed by atoms with Crippen LogP contribution >= 0.6 is 23.4 Å². The highest BCUT2D eigenvalue weighted by atomic mass is 35.5. The topological polar surface area (TPSA) is 58.2 Å². The molecule has 2 amide bonds. The van der Waals surface area contributed by atoms with Gasteiger partial charge >= 0.3 is 0 Å². The summed E-state index contributed by atoms with van der Waals surface area (Å²) in [4.78, 5) is 24.1. The molecule has 1 aromatic carbocycles. The molecule has 4 nitrogen and oxygen atoms in total. The maximum atomic E-state index is 11.6. The van der Waals surface area contributed by atoms with Crippen LogP contribution in [0.25, 0.3) is 0 Å². The molecule has 1 aliphatic rings. The van der Waals surface area contributed by atoms with Crippen LogP contribution in [0.5, 0.6) is 0 Å². The van der Waals surface area contributed by atoms with Gasteiger partial charge in [0.2, 0.25) is 11.8 Å². The van der Waals surface area contributed by atoms with Gasteiger partial charge in [0.15, 0.2) is 0 Å². The minimum Gasteiger partial charge on any atom is -0.354 e. The predicted octanol–water partition coefficient (Wildman–Crippen LogP) is 2.46. The molecular weight excluding hydrogens is 308 g/mol. The average Bonchev–Trinajstić information content (AvgIpc) is 3.30. The molecule has 1 fully saturated rings.